The van der Waals surface area contributed by atoms with Crippen LogP contribution in [-0.4, -0.2) is 0 Å². The van der Waals surface area contributed by atoms with Crippen molar-refractivity contribution < 1.29 is 4.74 Å². The predicted molar refractivity (Wildman–Crippen MR) is 63.2 cm³/mol. The molecule has 0 unspecified atom stereocenters. The van der Waals surface area contributed by atoms with E-state index >= 15 is 0 Å². The Kier molecular flexibility index (Phi) is 2.96. The Labute approximate surface area is 93.7 Å². The van der Waals surface area contributed by atoms with E-state index < -0.39 is 0 Å². The minimum absolute atomic E-state index is 0.399. The number of nitrogens with zero attached hydrogens (tertiary/aromatic N) is 1. The summed E-state index contributed by atoms with van der Waals surface area (Å²) in [4.78, 5) is 10.2. The van der Waals surface area contributed by atoms with Gasteiger partial charge in [-0.15, -0.1) is 4.91 Å². The van der Waals surface area contributed by atoms with Crippen LogP contribution < -0.4 is 4.74 Å². The smallest absolute Gasteiger partial charge is 0.127 e. The van der Waals surface area contributed by atoms with Gasteiger partial charge in [-0.25, -0.2) is 0 Å². The lowest BCUT2D eigenvalue weighted by molar-refractivity contribution is 0.482. The Balaban J connectivity index is 2.14. The molecule has 16 heavy (non-hydrogen) atoms. The quantitative estimate of drug-likeness (QED) is 0.717. The molecule has 0 saturated carbocycles. The lowest BCUT2D eigenvalue weighted by Gasteiger charge is -2.05. The summed E-state index contributed by atoms with van der Waals surface area (Å²) in [5, 5.41) is 2.82. The molecule has 2 aromatic rings. The zero-order valence-corrected chi connectivity index (χ0v) is 8.88. The maximum absolute atomic E-state index is 10.2. The molecule has 0 fully saturated rings. The fourth-order valence-corrected chi connectivity index (χ4v) is 1.32. The van der Waals surface area contributed by atoms with Crippen molar-refractivity contribution in [3.05, 3.63) is 59.0 Å². The van der Waals surface area contributed by atoms with E-state index in [1.165, 1.54) is 5.56 Å². The first-order valence-corrected chi connectivity index (χ1v) is 4.96. The molecule has 0 N–H and O–H groups in total. The van der Waals surface area contributed by atoms with Crippen molar-refractivity contribution in [2.24, 2.45) is 5.18 Å². The standard InChI is InChI=1S/C13H11NO2/c1-10-2-6-12(7-3-10)16-13-8-4-11(14-15)5-9-13/h2-9H,1H3. The summed E-state index contributed by atoms with van der Waals surface area (Å²) >= 11 is 0. The third kappa shape index (κ3) is 2.45. The number of hydrogen-bond donors (Lipinski definition) is 0. The van der Waals surface area contributed by atoms with Gasteiger partial charge in [0.15, 0.2) is 0 Å². The molecule has 0 atom stereocenters. The van der Waals surface area contributed by atoms with E-state index in [0.717, 1.165) is 5.75 Å². The Morgan fingerprint density at radius 1 is 0.875 bits per heavy atom. The Hall–Kier alpha value is -2.16. The third-order valence-corrected chi connectivity index (χ3v) is 2.20. The van der Waals surface area contributed by atoms with Gasteiger partial charge in [-0.2, -0.15) is 0 Å². The summed E-state index contributed by atoms with van der Waals surface area (Å²) in [6, 6.07) is 14.5. The van der Waals surface area contributed by atoms with E-state index in [1.807, 2.05) is 31.2 Å². The molecule has 0 aromatic heterocycles. The van der Waals surface area contributed by atoms with Crippen LogP contribution in [0.1, 0.15) is 5.56 Å². The minimum Gasteiger partial charge on any atom is -0.457 e. The highest BCUT2D eigenvalue weighted by Crippen LogP contribution is 2.23. The van der Waals surface area contributed by atoms with Gasteiger partial charge in [0.1, 0.15) is 17.2 Å². The van der Waals surface area contributed by atoms with Gasteiger partial charge >= 0.3 is 0 Å². The number of ether oxygens (including phenoxy) is 1. The SMILES string of the molecule is Cc1ccc(Oc2ccc(N=O)cc2)cc1. The van der Waals surface area contributed by atoms with Crippen molar-refractivity contribution in [3.8, 4) is 11.5 Å². The van der Waals surface area contributed by atoms with E-state index in [0.29, 0.717) is 11.4 Å². The Bertz CT molecular complexity index is 474. The normalized spacial score (nSPS) is 9.81. The average molecular weight is 213 g/mol. The molecule has 2 rings (SSSR count). The Morgan fingerprint density at radius 2 is 1.38 bits per heavy atom. The average Bonchev–Trinajstić information content (AvgIpc) is 2.33. The molecule has 3 nitrogen and oxygen atoms in total. The number of nitroso groups, excluding NO2 is 1. The van der Waals surface area contributed by atoms with E-state index in [-0.39, 0.29) is 0 Å². The van der Waals surface area contributed by atoms with Gasteiger partial charge in [0, 0.05) is 0 Å². The third-order valence-electron chi connectivity index (χ3n) is 2.20. The Morgan fingerprint density at radius 3 is 1.88 bits per heavy atom. The first-order valence-electron chi connectivity index (χ1n) is 4.96. The van der Waals surface area contributed by atoms with Crippen molar-refractivity contribution in [2.45, 2.75) is 6.92 Å². The summed E-state index contributed by atoms with van der Waals surface area (Å²) in [5.41, 5.74) is 1.59. The maximum atomic E-state index is 10.2. The van der Waals surface area contributed by atoms with Crippen molar-refractivity contribution in [2.75, 3.05) is 0 Å². The minimum atomic E-state index is 0.399. The van der Waals surface area contributed by atoms with Gasteiger partial charge in [-0.1, -0.05) is 17.7 Å². The molecule has 0 saturated heterocycles. The van der Waals surface area contributed by atoms with Gasteiger partial charge < -0.3 is 4.74 Å². The fourth-order valence-electron chi connectivity index (χ4n) is 1.32. The molecule has 3 heteroatoms. The van der Waals surface area contributed by atoms with Crippen LogP contribution in [0.3, 0.4) is 0 Å². The van der Waals surface area contributed by atoms with Gasteiger partial charge in [0.2, 0.25) is 0 Å². The van der Waals surface area contributed by atoms with Crippen LogP contribution in [0, 0.1) is 11.8 Å². The van der Waals surface area contributed by atoms with Crippen LogP contribution in [0.25, 0.3) is 0 Å². The zero-order valence-electron chi connectivity index (χ0n) is 8.88. The fraction of sp³-hybridized carbons (Fsp3) is 0.0769. The molecule has 0 radical (unpaired) electrons. The topological polar surface area (TPSA) is 38.7 Å². The van der Waals surface area contributed by atoms with E-state index in [2.05, 4.69) is 5.18 Å². The van der Waals surface area contributed by atoms with Crippen molar-refractivity contribution >= 4 is 5.69 Å². The van der Waals surface area contributed by atoms with Crippen LogP contribution in [0.5, 0.6) is 11.5 Å². The largest absolute Gasteiger partial charge is 0.457 e. The molecule has 0 spiro atoms. The molecular formula is C13H11NO2. The van der Waals surface area contributed by atoms with Gasteiger partial charge in [-0.3, -0.25) is 0 Å². The van der Waals surface area contributed by atoms with E-state index in [4.69, 9.17) is 4.74 Å². The second-order valence-electron chi connectivity index (χ2n) is 3.50. The first-order chi connectivity index (χ1) is 7.78. The highest BCUT2D eigenvalue weighted by molar-refractivity contribution is 5.42. The summed E-state index contributed by atoms with van der Waals surface area (Å²) in [6.07, 6.45) is 0. The van der Waals surface area contributed by atoms with Crippen LogP contribution in [0.4, 0.5) is 5.69 Å². The molecule has 0 heterocycles. The van der Waals surface area contributed by atoms with E-state index in [9.17, 15) is 4.91 Å². The van der Waals surface area contributed by atoms with Crippen molar-refractivity contribution in [1.82, 2.24) is 0 Å². The van der Waals surface area contributed by atoms with Crippen LogP contribution >= 0.6 is 0 Å². The summed E-state index contributed by atoms with van der Waals surface area (Å²) < 4.78 is 5.59. The van der Waals surface area contributed by atoms with E-state index in [1.54, 1.807) is 24.3 Å². The zero-order chi connectivity index (χ0) is 11.4. The summed E-state index contributed by atoms with van der Waals surface area (Å²) in [5.74, 6) is 1.47. The summed E-state index contributed by atoms with van der Waals surface area (Å²) in [7, 11) is 0. The van der Waals surface area contributed by atoms with Crippen LogP contribution in [0.15, 0.2) is 53.7 Å². The summed E-state index contributed by atoms with van der Waals surface area (Å²) in [6.45, 7) is 2.02. The highest BCUT2D eigenvalue weighted by Gasteiger charge is 1.97. The molecule has 2 aromatic carbocycles. The molecular weight excluding hydrogens is 202 g/mol. The molecule has 80 valence electrons. The van der Waals surface area contributed by atoms with Crippen LogP contribution in [-0.2, 0) is 0 Å². The maximum Gasteiger partial charge on any atom is 0.127 e. The second kappa shape index (κ2) is 4.57. The molecule has 0 aliphatic rings. The first kappa shape index (κ1) is 10.4. The lowest BCUT2D eigenvalue weighted by atomic mass is 10.2. The molecule has 0 amide bonds. The van der Waals surface area contributed by atoms with Crippen molar-refractivity contribution in [1.29, 1.82) is 0 Å². The van der Waals surface area contributed by atoms with Gasteiger partial charge in [-0.05, 0) is 48.5 Å². The van der Waals surface area contributed by atoms with Gasteiger partial charge in [0.05, 0.1) is 0 Å². The lowest BCUT2D eigenvalue weighted by Crippen LogP contribution is -1.83. The molecule has 0 aliphatic heterocycles. The van der Waals surface area contributed by atoms with Crippen LogP contribution in [0.2, 0.25) is 0 Å². The second-order valence-corrected chi connectivity index (χ2v) is 3.50. The monoisotopic (exact) mass is 213 g/mol. The number of hydrogen-bond acceptors (Lipinski definition) is 3. The van der Waals surface area contributed by atoms with Crippen molar-refractivity contribution in [3.63, 3.8) is 0 Å². The predicted octanol–water partition coefficient (Wildman–Crippen LogP) is 4.19. The molecule has 0 bridgehead atoms. The number of benzene rings is 2. The van der Waals surface area contributed by atoms with Gasteiger partial charge in [0.25, 0.3) is 0 Å². The number of aryl methyl sites for hydroxylation is 1. The highest BCUT2D eigenvalue weighted by atomic mass is 16.5. The number of rotatable bonds is 3. The molecule has 0 aliphatic carbocycles.